The van der Waals surface area contributed by atoms with Gasteiger partial charge in [-0.1, -0.05) is 27.7 Å². The molecule has 6 heteroatoms. The number of rotatable bonds is 9. The van der Waals surface area contributed by atoms with Crippen LogP contribution in [0, 0.1) is 22.7 Å². The summed E-state index contributed by atoms with van der Waals surface area (Å²) in [7, 11) is 0. The molecular weight excluding hydrogens is 450 g/mol. The van der Waals surface area contributed by atoms with E-state index in [0.29, 0.717) is 18.4 Å². The molecule has 0 aromatic rings. The average molecular weight is 508 g/mol. The normalized spacial score (nSPS) is 19.6. The first-order chi connectivity index (χ1) is 16.4. The Kier molecular flexibility index (Phi) is 10.5. The van der Waals surface area contributed by atoms with Gasteiger partial charge in [-0.15, -0.1) is 0 Å². The third-order valence-corrected chi connectivity index (χ3v) is 8.72. The van der Waals surface area contributed by atoms with E-state index >= 15 is 0 Å². The molecule has 0 aromatic heterocycles. The molecule has 0 spiro atoms. The predicted molar refractivity (Wildman–Crippen MR) is 149 cm³/mol. The summed E-state index contributed by atoms with van der Waals surface area (Å²) in [6, 6.07) is 0. The van der Waals surface area contributed by atoms with Gasteiger partial charge in [-0.25, -0.2) is 0 Å². The zero-order valence-electron chi connectivity index (χ0n) is 25.3. The van der Waals surface area contributed by atoms with Crippen LogP contribution in [0.5, 0.6) is 0 Å². The molecule has 2 fully saturated rings. The Balaban J connectivity index is 1.78. The molecule has 0 bridgehead atoms. The Morgan fingerprint density at radius 3 is 1.44 bits per heavy atom. The summed E-state index contributed by atoms with van der Waals surface area (Å²) < 4.78 is 5.70. The molecule has 0 radical (unpaired) electrons. The first-order valence-electron chi connectivity index (χ1n) is 14.3. The monoisotopic (exact) mass is 507 g/mol. The number of nitrogens with one attached hydrogen (secondary N) is 1. The van der Waals surface area contributed by atoms with Crippen molar-refractivity contribution >= 4 is 11.8 Å². The van der Waals surface area contributed by atoms with Crippen LogP contribution in [0.4, 0.5) is 0 Å². The van der Waals surface area contributed by atoms with Crippen LogP contribution in [-0.2, 0) is 14.3 Å². The van der Waals surface area contributed by atoms with Crippen LogP contribution in [0.25, 0.3) is 0 Å². The van der Waals surface area contributed by atoms with Crippen molar-refractivity contribution in [3.05, 3.63) is 0 Å². The van der Waals surface area contributed by atoms with Crippen LogP contribution in [-0.4, -0.2) is 72.1 Å². The summed E-state index contributed by atoms with van der Waals surface area (Å²) in [6.45, 7) is 26.1. The van der Waals surface area contributed by atoms with Crippen LogP contribution in [0.3, 0.4) is 0 Å². The Labute approximate surface area is 222 Å². The number of amides is 2. The molecule has 0 atom stereocenters. The molecule has 2 saturated heterocycles. The summed E-state index contributed by atoms with van der Waals surface area (Å²) in [5, 5.41) is 3.33. The summed E-state index contributed by atoms with van der Waals surface area (Å²) in [6.07, 6.45) is 6.79. The Hall–Kier alpha value is -1.14. The Bertz CT molecular complexity index is 655. The van der Waals surface area contributed by atoms with E-state index in [-0.39, 0.29) is 40.4 Å². The lowest BCUT2D eigenvalue weighted by molar-refractivity contribution is -0.143. The minimum atomic E-state index is -0.279. The van der Waals surface area contributed by atoms with Gasteiger partial charge in [-0.05, 0) is 103 Å². The van der Waals surface area contributed by atoms with Crippen LogP contribution in [0.2, 0.25) is 0 Å². The topological polar surface area (TPSA) is 61.9 Å². The molecule has 36 heavy (non-hydrogen) atoms. The highest BCUT2D eigenvalue weighted by atomic mass is 16.5. The van der Waals surface area contributed by atoms with Crippen molar-refractivity contribution in [1.82, 2.24) is 15.1 Å². The van der Waals surface area contributed by atoms with Gasteiger partial charge < -0.3 is 19.9 Å². The lowest BCUT2D eigenvalue weighted by atomic mass is 9.65. The molecule has 210 valence electrons. The smallest absolute Gasteiger partial charge is 0.248 e. The van der Waals surface area contributed by atoms with Gasteiger partial charge in [-0.2, -0.15) is 0 Å². The van der Waals surface area contributed by atoms with Gasteiger partial charge in [0.1, 0.15) is 6.61 Å². The molecule has 0 aromatic carbocycles. The van der Waals surface area contributed by atoms with Crippen LogP contribution in [0.1, 0.15) is 108 Å². The van der Waals surface area contributed by atoms with Gasteiger partial charge in [-0.3, -0.25) is 9.59 Å². The first-order valence-corrected chi connectivity index (χ1v) is 14.3. The van der Waals surface area contributed by atoms with E-state index in [1.165, 1.54) is 12.8 Å². The second kappa shape index (κ2) is 12.1. The van der Waals surface area contributed by atoms with Gasteiger partial charge in [0.25, 0.3) is 0 Å². The first kappa shape index (κ1) is 31.1. The largest absolute Gasteiger partial charge is 0.366 e. The highest BCUT2D eigenvalue weighted by Crippen LogP contribution is 2.45. The fraction of sp³-hybridized carbons (Fsp3) is 0.933. The zero-order valence-corrected chi connectivity index (χ0v) is 25.3. The van der Waals surface area contributed by atoms with E-state index in [4.69, 9.17) is 4.74 Å². The maximum Gasteiger partial charge on any atom is 0.248 e. The maximum absolute atomic E-state index is 12.6. The van der Waals surface area contributed by atoms with Crippen LogP contribution in [0.15, 0.2) is 0 Å². The third kappa shape index (κ3) is 9.96. The van der Waals surface area contributed by atoms with E-state index in [9.17, 15) is 9.59 Å². The molecule has 2 amide bonds. The molecular formula is C30H57N3O3. The lowest BCUT2D eigenvalue weighted by Gasteiger charge is -2.45. The standard InChI is InChI=1S/C30H57N3O3/c1-27(2,3)31-21-25(34)32-17-11-23(12-18-32)29(7,8)15-16-30(9,10)24-13-19-33(20-14-24)26(35)22-36-28(4,5)6/h23-24,31H,11-22H2,1-10H3. The van der Waals surface area contributed by atoms with E-state index < -0.39 is 0 Å². The molecule has 1 N–H and O–H groups in total. The summed E-state index contributed by atoms with van der Waals surface area (Å²) >= 11 is 0. The molecule has 2 rings (SSSR count). The van der Waals surface area contributed by atoms with Crippen molar-refractivity contribution in [3.63, 3.8) is 0 Å². The van der Waals surface area contributed by atoms with Crippen molar-refractivity contribution in [1.29, 1.82) is 0 Å². The number of hydrogen-bond acceptors (Lipinski definition) is 4. The molecule has 2 aliphatic rings. The van der Waals surface area contributed by atoms with Crippen molar-refractivity contribution in [2.24, 2.45) is 22.7 Å². The molecule has 0 aliphatic carbocycles. The average Bonchev–Trinajstić information content (AvgIpc) is 2.79. The summed E-state index contributed by atoms with van der Waals surface area (Å²) in [5.41, 5.74) is 0.231. The van der Waals surface area contributed by atoms with Crippen LogP contribution < -0.4 is 5.32 Å². The quantitative estimate of drug-likeness (QED) is 0.448. The highest BCUT2D eigenvalue weighted by molar-refractivity contribution is 5.78. The Morgan fingerprint density at radius 1 is 0.694 bits per heavy atom. The Morgan fingerprint density at radius 2 is 1.08 bits per heavy atom. The number of nitrogens with zero attached hydrogens (tertiary/aromatic N) is 2. The van der Waals surface area contributed by atoms with Crippen molar-refractivity contribution in [3.8, 4) is 0 Å². The van der Waals surface area contributed by atoms with Gasteiger partial charge >= 0.3 is 0 Å². The fourth-order valence-electron chi connectivity index (χ4n) is 5.70. The van der Waals surface area contributed by atoms with Gasteiger partial charge in [0.2, 0.25) is 11.8 Å². The van der Waals surface area contributed by atoms with E-state index in [1.807, 2.05) is 25.7 Å². The summed E-state index contributed by atoms with van der Waals surface area (Å²) in [5.74, 6) is 1.67. The summed E-state index contributed by atoms with van der Waals surface area (Å²) in [4.78, 5) is 29.2. The second-order valence-electron chi connectivity index (χ2n) is 14.8. The number of piperidine rings is 2. The van der Waals surface area contributed by atoms with E-state index in [1.54, 1.807) is 0 Å². The predicted octanol–water partition coefficient (Wildman–Crippen LogP) is 5.50. The van der Waals surface area contributed by atoms with Crippen molar-refractivity contribution in [2.75, 3.05) is 39.3 Å². The zero-order chi connectivity index (χ0) is 27.4. The van der Waals surface area contributed by atoms with E-state index in [2.05, 4.69) is 58.7 Å². The SMILES string of the molecule is CC(C)(C)NCC(=O)N1CCC(C(C)(C)CCC(C)(C)C2CCN(C(=O)COC(C)(C)C)CC2)CC1. The van der Waals surface area contributed by atoms with Crippen molar-refractivity contribution in [2.45, 2.75) is 119 Å². The van der Waals surface area contributed by atoms with Crippen LogP contribution >= 0.6 is 0 Å². The number of ether oxygens (including phenoxy) is 1. The minimum absolute atomic E-state index is 0.0321. The minimum Gasteiger partial charge on any atom is -0.366 e. The van der Waals surface area contributed by atoms with Gasteiger partial charge in [0.15, 0.2) is 0 Å². The molecule has 0 unspecified atom stereocenters. The number of carbonyl (C=O) groups is 2. The third-order valence-electron chi connectivity index (χ3n) is 8.72. The van der Waals surface area contributed by atoms with Gasteiger partial charge in [0.05, 0.1) is 12.1 Å². The molecule has 2 aliphatic heterocycles. The number of carbonyl (C=O) groups excluding carboxylic acids is 2. The molecule has 0 saturated carbocycles. The van der Waals surface area contributed by atoms with Gasteiger partial charge in [0, 0.05) is 31.7 Å². The lowest BCUT2D eigenvalue weighted by Crippen LogP contribution is -2.48. The van der Waals surface area contributed by atoms with Crippen molar-refractivity contribution < 1.29 is 14.3 Å². The number of likely N-dealkylation sites (tertiary alicyclic amines) is 2. The second-order valence-corrected chi connectivity index (χ2v) is 14.8. The maximum atomic E-state index is 12.6. The highest BCUT2D eigenvalue weighted by Gasteiger charge is 2.38. The molecule has 6 nitrogen and oxygen atoms in total. The van der Waals surface area contributed by atoms with E-state index in [0.717, 1.165) is 51.9 Å². The number of hydrogen-bond donors (Lipinski definition) is 1. The fourth-order valence-corrected chi connectivity index (χ4v) is 5.70. The molecule has 2 heterocycles.